The maximum absolute atomic E-state index is 11.8. The van der Waals surface area contributed by atoms with Crippen molar-refractivity contribution in [3.05, 3.63) is 18.0 Å². The van der Waals surface area contributed by atoms with Gasteiger partial charge in [0.15, 0.2) is 0 Å². The minimum Gasteiger partial charge on any atom is -0.477 e. The topological polar surface area (TPSA) is 129 Å². The number of hydrogen-bond donors (Lipinski definition) is 4. The average Bonchev–Trinajstić information content (AvgIpc) is 2.78. The summed E-state index contributed by atoms with van der Waals surface area (Å²) in [5.74, 6) is -1.26. The number of H-pyrrole nitrogens is 1. The van der Waals surface area contributed by atoms with Crippen molar-refractivity contribution >= 4 is 16.0 Å². The van der Waals surface area contributed by atoms with Crippen LogP contribution >= 0.6 is 0 Å². The molecule has 0 aliphatic rings. The Morgan fingerprint density at radius 2 is 2.28 bits per heavy atom. The lowest BCUT2D eigenvalue weighted by molar-refractivity contribution is 0.0691. The number of aliphatic hydroxyl groups is 1. The first-order chi connectivity index (χ1) is 8.40. The summed E-state index contributed by atoms with van der Waals surface area (Å²) in [5, 5.41) is 17.6. The predicted molar refractivity (Wildman–Crippen MR) is 60.8 cm³/mol. The molecule has 18 heavy (non-hydrogen) atoms. The van der Waals surface area contributed by atoms with E-state index < -0.39 is 28.6 Å². The van der Waals surface area contributed by atoms with E-state index in [9.17, 15) is 13.2 Å². The Labute approximate surface area is 104 Å². The van der Waals surface area contributed by atoms with E-state index in [4.69, 9.17) is 14.9 Å². The Hall–Kier alpha value is -1.42. The van der Waals surface area contributed by atoms with Gasteiger partial charge in [-0.05, 0) is 6.07 Å². The zero-order chi connectivity index (χ0) is 13.8. The Morgan fingerprint density at radius 1 is 1.61 bits per heavy atom. The quantitative estimate of drug-likeness (QED) is 0.506. The number of carboxylic acid groups (broad SMARTS) is 1. The Balaban J connectivity index is 2.88. The second kappa shape index (κ2) is 5.96. The first kappa shape index (κ1) is 14.6. The van der Waals surface area contributed by atoms with Crippen LogP contribution in [-0.4, -0.2) is 55.9 Å². The van der Waals surface area contributed by atoms with Crippen LogP contribution in [0, 0.1) is 0 Å². The van der Waals surface area contributed by atoms with E-state index in [0.29, 0.717) is 0 Å². The van der Waals surface area contributed by atoms with Crippen molar-refractivity contribution in [3.8, 4) is 0 Å². The highest BCUT2D eigenvalue weighted by Crippen LogP contribution is 2.11. The van der Waals surface area contributed by atoms with Crippen molar-refractivity contribution in [1.82, 2.24) is 9.71 Å². The van der Waals surface area contributed by atoms with Gasteiger partial charge in [-0.15, -0.1) is 0 Å². The Kier molecular flexibility index (Phi) is 4.84. The summed E-state index contributed by atoms with van der Waals surface area (Å²) in [5.41, 5.74) is -0.234. The molecule has 0 saturated carbocycles. The Morgan fingerprint density at radius 3 is 2.72 bits per heavy atom. The molecule has 1 heterocycles. The largest absolute Gasteiger partial charge is 0.477 e. The number of aliphatic hydroxyl groups excluding tert-OH is 1. The second-order valence-corrected chi connectivity index (χ2v) is 5.22. The molecule has 9 heteroatoms. The molecule has 102 valence electrons. The number of carbonyl (C=O) groups is 1. The van der Waals surface area contributed by atoms with Gasteiger partial charge in [-0.2, -0.15) is 0 Å². The summed E-state index contributed by atoms with van der Waals surface area (Å²) in [6, 6.07) is 0.203. The van der Waals surface area contributed by atoms with Crippen LogP contribution in [0.25, 0.3) is 0 Å². The molecule has 0 spiro atoms. The van der Waals surface area contributed by atoms with Crippen LogP contribution in [0.15, 0.2) is 17.2 Å². The van der Waals surface area contributed by atoms with Gasteiger partial charge in [0.05, 0.1) is 19.3 Å². The van der Waals surface area contributed by atoms with Crippen LogP contribution in [0.5, 0.6) is 0 Å². The third-order valence-corrected chi connectivity index (χ3v) is 3.61. The van der Waals surface area contributed by atoms with Crippen LogP contribution in [0.1, 0.15) is 10.5 Å². The Bertz CT molecular complexity index is 509. The molecule has 0 saturated heterocycles. The minimum absolute atomic E-state index is 0.00589. The highest BCUT2D eigenvalue weighted by Gasteiger charge is 2.22. The molecule has 0 bridgehead atoms. The highest BCUT2D eigenvalue weighted by molar-refractivity contribution is 7.89. The number of aromatic nitrogens is 1. The third-order valence-electron chi connectivity index (χ3n) is 2.11. The van der Waals surface area contributed by atoms with E-state index in [1.165, 1.54) is 7.11 Å². The normalized spacial score (nSPS) is 13.4. The molecular formula is C9H14N2O6S. The fourth-order valence-corrected chi connectivity index (χ4v) is 2.47. The number of carboxylic acids is 1. The molecule has 0 fully saturated rings. The summed E-state index contributed by atoms with van der Waals surface area (Å²) in [6.07, 6.45) is 1.06. The summed E-state index contributed by atoms with van der Waals surface area (Å²) < 4.78 is 30.6. The van der Waals surface area contributed by atoms with E-state index >= 15 is 0 Å². The number of aromatic carboxylic acids is 1. The molecule has 0 aromatic carbocycles. The molecule has 0 amide bonds. The van der Waals surface area contributed by atoms with E-state index in [0.717, 1.165) is 12.3 Å². The zero-order valence-corrected chi connectivity index (χ0v) is 10.4. The van der Waals surface area contributed by atoms with Crippen molar-refractivity contribution in [2.75, 3.05) is 20.3 Å². The van der Waals surface area contributed by atoms with Crippen molar-refractivity contribution in [1.29, 1.82) is 0 Å². The predicted octanol–water partition coefficient (Wildman–Crippen LogP) is -1.00. The smallest absolute Gasteiger partial charge is 0.352 e. The van der Waals surface area contributed by atoms with Crippen LogP contribution in [0.4, 0.5) is 0 Å². The van der Waals surface area contributed by atoms with E-state index in [2.05, 4.69) is 9.71 Å². The van der Waals surface area contributed by atoms with Crippen molar-refractivity contribution in [3.63, 3.8) is 0 Å². The van der Waals surface area contributed by atoms with Gasteiger partial charge in [-0.3, -0.25) is 0 Å². The number of ether oxygens (including phenoxy) is 1. The van der Waals surface area contributed by atoms with Gasteiger partial charge in [0.1, 0.15) is 10.6 Å². The number of rotatable bonds is 7. The lowest BCUT2D eigenvalue weighted by atomic mass is 10.4. The number of aromatic amines is 1. The summed E-state index contributed by atoms with van der Waals surface area (Å²) in [4.78, 5) is 12.7. The standard InChI is InChI=1S/C9H14N2O6S/c1-17-5-6(4-12)11-18(15,16)7-2-8(9(13)14)10-3-7/h2-3,6,10-12H,4-5H2,1H3,(H,13,14). The SMILES string of the molecule is COCC(CO)NS(=O)(=O)c1c[nH]c(C(=O)O)c1. The molecule has 4 N–H and O–H groups in total. The van der Waals surface area contributed by atoms with E-state index in [-0.39, 0.29) is 17.2 Å². The molecular weight excluding hydrogens is 264 g/mol. The third kappa shape index (κ3) is 3.53. The molecule has 1 atom stereocenters. The van der Waals surface area contributed by atoms with Gasteiger partial charge in [-0.25, -0.2) is 17.9 Å². The zero-order valence-electron chi connectivity index (χ0n) is 9.58. The molecule has 0 aliphatic carbocycles. The fraction of sp³-hybridized carbons (Fsp3) is 0.444. The van der Waals surface area contributed by atoms with Crippen LogP contribution in [0.2, 0.25) is 0 Å². The summed E-state index contributed by atoms with van der Waals surface area (Å²) >= 11 is 0. The van der Waals surface area contributed by atoms with Gasteiger partial charge in [0.25, 0.3) is 0 Å². The summed E-state index contributed by atoms with van der Waals surface area (Å²) in [6.45, 7) is -0.421. The molecule has 1 rings (SSSR count). The van der Waals surface area contributed by atoms with Gasteiger partial charge >= 0.3 is 5.97 Å². The lowest BCUT2D eigenvalue weighted by Crippen LogP contribution is -2.40. The molecule has 0 radical (unpaired) electrons. The van der Waals surface area contributed by atoms with Crippen molar-refractivity contribution in [2.45, 2.75) is 10.9 Å². The van der Waals surface area contributed by atoms with Gasteiger partial charge in [0, 0.05) is 13.3 Å². The van der Waals surface area contributed by atoms with E-state index in [1.54, 1.807) is 0 Å². The average molecular weight is 278 g/mol. The van der Waals surface area contributed by atoms with E-state index in [1.807, 2.05) is 0 Å². The fourth-order valence-electron chi connectivity index (χ4n) is 1.27. The van der Waals surface area contributed by atoms with Crippen LogP contribution in [-0.2, 0) is 14.8 Å². The highest BCUT2D eigenvalue weighted by atomic mass is 32.2. The molecule has 0 aliphatic heterocycles. The second-order valence-electron chi connectivity index (χ2n) is 3.51. The lowest BCUT2D eigenvalue weighted by Gasteiger charge is -2.14. The van der Waals surface area contributed by atoms with Crippen LogP contribution in [0.3, 0.4) is 0 Å². The number of nitrogens with one attached hydrogen (secondary N) is 2. The van der Waals surface area contributed by atoms with Gasteiger partial charge < -0.3 is 19.9 Å². The van der Waals surface area contributed by atoms with Crippen molar-refractivity contribution < 1.29 is 28.2 Å². The minimum atomic E-state index is -3.89. The number of sulfonamides is 1. The number of hydrogen-bond acceptors (Lipinski definition) is 5. The molecule has 1 aromatic rings. The first-order valence-electron chi connectivity index (χ1n) is 4.94. The van der Waals surface area contributed by atoms with Crippen LogP contribution < -0.4 is 4.72 Å². The molecule has 1 aromatic heterocycles. The molecule has 8 nitrogen and oxygen atoms in total. The van der Waals surface area contributed by atoms with Gasteiger partial charge in [0.2, 0.25) is 10.0 Å². The maximum Gasteiger partial charge on any atom is 0.352 e. The van der Waals surface area contributed by atoms with Crippen molar-refractivity contribution in [2.24, 2.45) is 0 Å². The first-order valence-corrected chi connectivity index (χ1v) is 6.43. The van der Waals surface area contributed by atoms with Gasteiger partial charge in [-0.1, -0.05) is 0 Å². The number of methoxy groups -OCH3 is 1. The maximum atomic E-state index is 11.8. The summed E-state index contributed by atoms with van der Waals surface area (Å²) in [7, 11) is -2.52. The monoisotopic (exact) mass is 278 g/mol. The molecule has 1 unspecified atom stereocenters.